The first kappa shape index (κ1) is 15.6. The highest BCUT2D eigenvalue weighted by Crippen LogP contribution is 2.33. The van der Waals surface area contributed by atoms with Gasteiger partial charge in [-0.25, -0.2) is 14.4 Å². The molecule has 1 aromatic carbocycles. The summed E-state index contributed by atoms with van der Waals surface area (Å²) in [5.74, 6) is 0.511. The molecule has 106 valence electrons. The molecule has 0 atom stereocenters. The van der Waals surface area contributed by atoms with E-state index in [0.29, 0.717) is 17.2 Å². The van der Waals surface area contributed by atoms with Gasteiger partial charge in [-0.1, -0.05) is 36.7 Å². The predicted molar refractivity (Wildman–Crippen MR) is 91.0 cm³/mol. The monoisotopic (exact) mass is 449 g/mol. The molecule has 0 fully saturated rings. The van der Waals surface area contributed by atoms with Crippen molar-refractivity contribution in [3.63, 3.8) is 0 Å². The van der Waals surface area contributed by atoms with Crippen molar-refractivity contribution in [1.82, 2.24) is 9.97 Å². The molecule has 0 aliphatic heterocycles. The third kappa shape index (κ3) is 3.11. The Balaban J connectivity index is 2.70. The van der Waals surface area contributed by atoms with E-state index in [0.717, 1.165) is 13.7 Å². The van der Waals surface area contributed by atoms with Crippen LogP contribution in [0.25, 0.3) is 11.4 Å². The van der Waals surface area contributed by atoms with E-state index in [-0.39, 0.29) is 11.2 Å². The number of aromatic nitrogens is 2. The smallest absolute Gasteiger partial charge is 0.163 e. The van der Waals surface area contributed by atoms with E-state index in [1.54, 1.807) is 6.07 Å². The molecule has 0 spiro atoms. The van der Waals surface area contributed by atoms with Gasteiger partial charge in [0.15, 0.2) is 5.82 Å². The summed E-state index contributed by atoms with van der Waals surface area (Å²) in [7, 11) is 0. The molecule has 0 bridgehead atoms. The Hall–Kier alpha value is -0.760. The molecule has 2 aromatic rings. The van der Waals surface area contributed by atoms with Crippen molar-refractivity contribution in [2.45, 2.75) is 26.2 Å². The summed E-state index contributed by atoms with van der Waals surface area (Å²) in [6.07, 6.45) is 0. The largest absolute Gasteiger partial charge is 0.383 e. The van der Waals surface area contributed by atoms with Crippen LogP contribution < -0.4 is 5.73 Å². The third-order valence-corrected chi connectivity index (χ3v) is 4.51. The Morgan fingerprint density at radius 3 is 2.50 bits per heavy atom. The van der Waals surface area contributed by atoms with E-state index in [4.69, 9.17) is 5.73 Å². The molecule has 0 saturated carbocycles. The van der Waals surface area contributed by atoms with Crippen LogP contribution >= 0.6 is 38.5 Å². The SMILES string of the molecule is CC(C)(C)c1nc(-c2cc(F)ccc2Br)nc(N)c1I. The maximum Gasteiger partial charge on any atom is 0.163 e. The lowest BCUT2D eigenvalue weighted by Crippen LogP contribution is -2.18. The zero-order valence-corrected chi connectivity index (χ0v) is 15.1. The standard InChI is InChI=1S/C14H14BrFIN3/c1-14(2,3)11-10(17)12(18)20-13(19-11)8-6-7(16)4-5-9(8)15/h4-6H,1-3H3,(H2,18,19,20). The number of hydrogen-bond acceptors (Lipinski definition) is 3. The number of nitrogen functional groups attached to an aromatic ring is 1. The molecule has 2 N–H and O–H groups in total. The number of anilines is 1. The minimum atomic E-state index is -0.332. The van der Waals surface area contributed by atoms with Gasteiger partial charge in [-0.15, -0.1) is 0 Å². The second kappa shape index (κ2) is 5.55. The lowest BCUT2D eigenvalue weighted by molar-refractivity contribution is 0.564. The Morgan fingerprint density at radius 1 is 1.25 bits per heavy atom. The van der Waals surface area contributed by atoms with E-state index < -0.39 is 0 Å². The predicted octanol–water partition coefficient (Wildman–Crippen LogP) is 4.53. The van der Waals surface area contributed by atoms with Crippen LogP contribution in [-0.2, 0) is 5.41 Å². The summed E-state index contributed by atoms with van der Waals surface area (Å²) in [4.78, 5) is 8.86. The van der Waals surface area contributed by atoms with Gasteiger partial charge >= 0.3 is 0 Å². The van der Waals surface area contributed by atoms with Crippen molar-refractivity contribution in [3.8, 4) is 11.4 Å². The molecule has 2 rings (SSSR count). The lowest BCUT2D eigenvalue weighted by atomic mass is 9.92. The van der Waals surface area contributed by atoms with Gasteiger partial charge < -0.3 is 5.73 Å². The first-order valence-electron chi connectivity index (χ1n) is 5.99. The highest BCUT2D eigenvalue weighted by molar-refractivity contribution is 14.1. The van der Waals surface area contributed by atoms with Crippen molar-refractivity contribution in [1.29, 1.82) is 0 Å². The van der Waals surface area contributed by atoms with Crippen LogP contribution in [-0.4, -0.2) is 9.97 Å². The second-order valence-electron chi connectivity index (χ2n) is 5.47. The van der Waals surface area contributed by atoms with Gasteiger partial charge in [0.2, 0.25) is 0 Å². The summed E-state index contributed by atoms with van der Waals surface area (Å²) in [5.41, 5.74) is 7.27. The van der Waals surface area contributed by atoms with Crippen LogP contribution in [0.1, 0.15) is 26.5 Å². The molecule has 0 aliphatic rings. The van der Waals surface area contributed by atoms with Crippen LogP contribution in [0.3, 0.4) is 0 Å². The highest BCUT2D eigenvalue weighted by Gasteiger charge is 2.23. The van der Waals surface area contributed by atoms with Crippen LogP contribution in [0, 0.1) is 9.39 Å². The minimum absolute atomic E-state index is 0.165. The number of nitrogens with zero attached hydrogens (tertiary/aromatic N) is 2. The number of nitrogens with two attached hydrogens (primary N) is 1. The average molecular weight is 450 g/mol. The fraction of sp³-hybridized carbons (Fsp3) is 0.286. The summed E-state index contributed by atoms with van der Waals surface area (Å²) < 4.78 is 15.0. The quantitative estimate of drug-likeness (QED) is 0.650. The van der Waals surface area contributed by atoms with Gasteiger partial charge in [0, 0.05) is 15.5 Å². The lowest BCUT2D eigenvalue weighted by Gasteiger charge is -2.21. The molecule has 0 aliphatic carbocycles. The Kier molecular flexibility index (Phi) is 4.34. The molecule has 0 saturated heterocycles. The van der Waals surface area contributed by atoms with E-state index in [2.05, 4.69) is 69.3 Å². The zero-order chi connectivity index (χ0) is 15.1. The van der Waals surface area contributed by atoms with Crippen LogP contribution in [0.5, 0.6) is 0 Å². The third-order valence-electron chi connectivity index (χ3n) is 2.76. The van der Waals surface area contributed by atoms with E-state index in [1.165, 1.54) is 12.1 Å². The molecule has 6 heteroatoms. The molecular weight excluding hydrogens is 436 g/mol. The first-order valence-corrected chi connectivity index (χ1v) is 7.86. The molecular formula is C14H14BrFIN3. The molecule has 1 aromatic heterocycles. The summed E-state index contributed by atoms with van der Waals surface area (Å²) in [5, 5.41) is 0. The molecule has 0 amide bonds. The van der Waals surface area contributed by atoms with Crippen LogP contribution in [0.4, 0.5) is 10.2 Å². The summed E-state index contributed by atoms with van der Waals surface area (Å²) in [6, 6.07) is 4.42. The van der Waals surface area contributed by atoms with E-state index >= 15 is 0 Å². The first-order chi connectivity index (χ1) is 9.20. The molecule has 0 unspecified atom stereocenters. The van der Waals surface area contributed by atoms with Crippen molar-refractivity contribution >= 4 is 44.3 Å². The minimum Gasteiger partial charge on any atom is -0.383 e. The van der Waals surface area contributed by atoms with Gasteiger partial charge in [0.25, 0.3) is 0 Å². The average Bonchev–Trinajstić information content (AvgIpc) is 2.34. The van der Waals surface area contributed by atoms with E-state index in [1.807, 2.05) is 0 Å². The summed E-state index contributed by atoms with van der Waals surface area (Å²) in [6.45, 7) is 6.17. The normalized spacial score (nSPS) is 11.7. The highest BCUT2D eigenvalue weighted by atomic mass is 127. The Labute approximate surface area is 139 Å². The van der Waals surface area contributed by atoms with Crippen molar-refractivity contribution < 1.29 is 4.39 Å². The maximum atomic E-state index is 13.4. The topological polar surface area (TPSA) is 51.8 Å². The fourth-order valence-electron chi connectivity index (χ4n) is 1.75. The maximum absolute atomic E-state index is 13.4. The van der Waals surface area contributed by atoms with Crippen molar-refractivity contribution in [2.75, 3.05) is 5.73 Å². The Morgan fingerprint density at radius 2 is 1.90 bits per heavy atom. The van der Waals surface area contributed by atoms with E-state index in [9.17, 15) is 4.39 Å². The van der Waals surface area contributed by atoms with Gasteiger partial charge in [-0.3, -0.25) is 0 Å². The second-order valence-corrected chi connectivity index (χ2v) is 7.40. The van der Waals surface area contributed by atoms with Gasteiger partial charge in [-0.2, -0.15) is 0 Å². The molecule has 3 nitrogen and oxygen atoms in total. The van der Waals surface area contributed by atoms with Gasteiger partial charge in [-0.05, 0) is 40.8 Å². The Bertz CT molecular complexity index is 668. The van der Waals surface area contributed by atoms with Gasteiger partial charge in [0.05, 0.1) is 9.26 Å². The van der Waals surface area contributed by atoms with Crippen LogP contribution in [0.2, 0.25) is 0 Å². The molecule has 20 heavy (non-hydrogen) atoms. The summed E-state index contributed by atoms with van der Waals surface area (Å²) >= 11 is 5.54. The molecule has 0 radical (unpaired) electrons. The van der Waals surface area contributed by atoms with Crippen LogP contribution in [0.15, 0.2) is 22.7 Å². The number of rotatable bonds is 1. The van der Waals surface area contributed by atoms with Crippen molar-refractivity contribution in [2.24, 2.45) is 0 Å². The van der Waals surface area contributed by atoms with Crippen molar-refractivity contribution in [3.05, 3.63) is 37.8 Å². The zero-order valence-electron chi connectivity index (χ0n) is 11.3. The number of hydrogen-bond donors (Lipinski definition) is 1. The number of halogens is 3. The van der Waals surface area contributed by atoms with Gasteiger partial charge in [0.1, 0.15) is 11.6 Å². The number of benzene rings is 1. The fourth-order valence-corrected chi connectivity index (χ4v) is 3.22. The molecule has 1 heterocycles.